The van der Waals surface area contributed by atoms with Gasteiger partial charge < -0.3 is 10.1 Å². The second kappa shape index (κ2) is 6.27. The molecule has 2 rings (SSSR count). The molecular weight excluding hydrogens is 238 g/mol. The number of ether oxygens (including phenoxy) is 1. The topological polar surface area (TPSA) is 39.1 Å². The monoisotopic (exact) mass is 259 g/mol. The molecule has 0 spiro atoms. The van der Waals surface area contributed by atoms with Gasteiger partial charge in [-0.1, -0.05) is 13.0 Å². The Morgan fingerprint density at radius 3 is 2.89 bits per heavy atom. The van der Waals surface area contributed by atoms with Crippen LogP contribution in [0.2, 0.25) is 0 Å². The summed E-state index contributed by atoms with van der Waals surface area (Å²) in [4.78, 5) is 0. The zero-order chi connectivity index (χ0) is 13.7. The summed E-state index contributed by atoms with van der Waals surface area (Å²) in [6.07, 6.45) is 4.89. The maximum atomic E-state index is 5.78. The van der Waals surface area contributed by atoms with E-state index in [1.54, 1.807) is 4.68 Å². The van der Waals surface area contributed by atoms with E-state index < -0.39 is 0 Å². The van der Waals surface area contributed by atoms with E-state index in [-0.39, 0.29) is 0 Å². The molecule has 0 unspecified atom stereocenters. The van der Waals surface area contributed by atoms with E-state index in [0.29, 0.717) is 0 Å². The maximum Gasteiger partial charge on any atom is 0.142 e. The third-order valence-corrected chi connectivity index (χ3v) is 2.84. The summed E-state index contributed by atoms with van der Waals surface area (Å²) in [6, 6.07) is 6.22. The highest BCUT2D eigenvalue weighted by Crippen LogP contribution is 2.26. The van der Waals surface area contributed by atoms with Crippen LogP contribution in [-0.4, -0.2) is 16.4 Å². The fourth-order valence-corrected chi connectivity index (χ4v) is 1.87. The van der Waals surface area contributed by atoms with E-state index in [9.17, 15) is 0 Å². The van der Waals surface area contributed by atoms with Crippen molar-refractivity contribution in [1.82, 2.24) is 9.78 Å². The minimum absolute atomic E-state index is 0.741. The standard InChI is InChI=1S/C15H21N3O/c1-4-7-19-15-8-12(2)5-6-14(15)16-9-13-10-17-18(3)11-13/h5-6,8,10-11,16H,4,7,9H2,1-3H3. The first-order chi connectivity index (χ1) is 9.19. The van der Waals surface area contributed by atoms with Crippen LogP contribution in [0.15, 0.2) is 30.6 Å². The molecule has 4 heteroatoms. The molecule has 1 aromatic carbocycles. The summed E-state index contributed by atoms with van der Waals surface area (Å²) in [5, 5.41) is 7.56. The van der Waals surface area contributed by atoms with Crippen LogP contribution in [0.4, 0.5) is 5.69 Å². The fourth-order valence-electron chi connectivity index (χ4n) is 1.87. The van der Waals surface area contributed by atoms with Crippen molar-refractivity contribution >= 4 is 5.69 Å². The molecule has 0 bridgehead atoms. The van der Waals surface area contributed by atoms with Gasteiger partial charge in [-0.2, -0.15) is 5.10 Å². The van der Waals surface area contributed by atoms with Crippen LogP contribution in [0.1, 0.15) is 24.5 Å². The zero-order valence-corrected chi connectivity index (χ0v) is 11.8. The number of hydrogen-bond donors (Lipinski definition) is 1. The predicted molar refractivity (Wildman–Crippen MR) is 77.5 cm³/mol. The summed E-state index contributed by atoms with van der Waals surface area (Å²) in [5.41, 5.74) is 3.39. The highest BCUT2D eigenvalue weighted by Gasteiger charge is 2.04. The van der Waals surface area contributed by atoms with E-state index in [1.165, 1.54) is 5.56 Å². The summed E-state index contributed by atoms with van der Waals surface area (Å²) in [6.45, 7) is 5.67. The summed E-state index contributed by atoms with van der Waals surface area (Å²) in [7, 11) is 1.92. The molecule has 0 aliphatic carbocycles. The van der Waals surface area contributed by atoms with E-state index in [0.717, 1.165) is 36.6 Å². The third-order valence-electron chi connectivity index (χ3n) is 2.84. The van der Waals surface area contributed by atoms with Crippen molar-refractivity contribution in [3.8, 4) is 5.75 Å². The van der Waals surface area contributed by atoms with Gasteiger partial charge in [-0.3, -0.25) is 4.68 Å². The lowest BCUT2D eigenvalue weighted by molar-refractivity contribution is 0.318. The van der Waals surface area contributed by atoms with Crippen molar-refractivity contribution in [2.45, 2.75) is 26.8 Å². The van der Waals surface area contributed by atoms with Gasteiger partial charge in [-0.05, 0) is 31.0 Å². The van der Waals surface area contributed by atoms with Gasteiger partial charge in [0, 0.05) is 25.4 Å². The number of aromatic nitrogens is 2. The largest absolute Gasteiger partial charge is 0.491 e. The molecule has 4 nitrogen and oxygen atoms in total. The zero-order valence-electron chi connectivity index (χ0n) is 11.8. The van der Waals surface area contributed by atoms with Gasteiger partial charge in [0.2, 0.25) is 0 Å². The summed E-state index contributed by atoms with van der Waals surface area (Å²) >= 11 is 0. The van der Waals surface area contributed by atoms with Crippen molar-refractivity contribution in [3.63, 3.8) is 0 Å². The first kappa shape index (κ1) is 13.5. The average molecular weight is 259 g/mol. The number of hydrogen-bond acceptors (Lipinski definition) is 3. The Labute approximate surface area is 114 Å². The van der Waals surface area contributed by atoms with Crippen molar-refractivity contribution in [1.29, 1.82) is 0 Å². The number of rotatable bonds is 6. The van der Waals surface area contributed by atoms with Gasteiger partial charge in [0.1, 0.15) is 5.75 Å². The lowest BCUT2D eigenvalue weighted by atomic mass is 10.2. The number of nitrogens with one attached hydrogen (secondary N) is 1. The van der Waals surface area contributed by atoms with Gasteiger partial charge >= 0.3 is 0 Å². The molecule has 0 atom stereocenters. The van der Waals surface area contributed by atoms with Gasteiger partial charge in [-0.15, -0.1) is 0 Å². The highest BCUT2D eigenvalue weighted by molar-refractivity contribution is 5.57. The lowest BCUT2D eigenvalue weighted by Crippen LogP contribution is -2.03. The predicted octanol–water partition coefficient (Wildman–Crippen LogP) is 3.13. The molecule has 0 amide bonds. The van der Waals surface area contributed by atoms with E-state index >= 15 is 0 Å². The average Bonchev–Trinajstić information content (AvgIpc) is 2.81. The quantitative estimate of drug-likeness (QED) is 0.866. The van der Waals surface area contributed by atoms with Crippen LogP contribution in [0.3, 0.4) is 0 Å². The molecule has 0 aliphatic rings. The first-order valence-electron chi connectivity index (χ1n) is 6.64. The van der Waals surface area contributed by atoms with Gasteiger partial charge in [0.15, 0.2) is 0 Å². The Hall–Kier alpha value is -1.97. The van der Waals surface area contributed by atoms with Crippen molar-refractivity contribution < 1.29 is 4.74 Å². The molecule has 0 aliphatic heterocycles. The van der Waals surface area contributed by atoms with Crippen molar-refractivity contribution in [3.05, 3.63) is 41.7 Å². The van der Waals surface area contributed by atoms with E-state index in [2.05, 4.69) is 42.5 Å². The molecule has 2 aromatic rings. The minimum Gasteiger partial charge on any atom is -0.491 e. The molecular formula is C15H21N3O. The molecule has 102 valence electrons. The van der Waals surface area contributed by atoms with Gasteiger partial charge in [0.05, 0.1) is 18.5 Å². The molecule has 19 heavy (non-hydrogen) atoms. The van der Waals surface area contributed by atoms with Crippen molar-refractivity contribution in [2.75, 3.05) is 11.9 Å². The first-order valence-corrected chi connectivity index (χ1v) is 6.64. The number of anilines is 1. The molecule has 0 radical (unpaired) electrons. The minimum atomic E-state index is 0.741. The highest BCUT2D eigenvalue weighted by atomic mass is 16.5. The van der Waals surface area contributed by atoms with Crippen LogP contribution in [0, 0.1) is 6.92 Å². The number of nitrogens with zero attached hydrogens (tertiary/aromatic N) is 2. The molecule has 1 N–H and O–H groups in total. The molecule has 0 fully saturated rings. The van der Waals surface area contributed by atoms with Crippen LogP contribution >= 0.6 is 0 Å². The van der Waals surface area contributed by atoms with Gasteiger partial charge in [0.25, 0.3) is 0 Å². The summed E-state index contributed by atoms with van der Waals surface area (Å²) < 4.78 is 7.58. The van der Waals surface area contributed by atoms with Crippen molar-refractivity contribution in [2.24, 2.45) is 7.05 Å². The summed E-state index contributed by atoms with van der Waals surface area (Å²) in [5.74, 6) is 0.922. The second-order valence-corrected chi connectivity index (χ2v) is 4.72. The SMILES string of the molecule is CCCOc1cc(C)ccc1NCc1cnn(C)c1. The normalized spacial score (nSPS) is 10.5. The van der Waals surface area contributed by atoms with E-state index in [1.807, 2.05) is 19.4 Å². The number of benzene rings is 1. The fraction of sp³-hybridized carbons (Fsp3) is 0.400. The Bertz CT molecular complexity index is 534. The maximum absolute atomic E-state index is 5.78. The second-order valence-electron chi connectivity index (χ2n) is 4.72. The number of aryl methyl sites for hydroxylation is 2. The van der Waals surface area contributed by atoms with Crippen LogP contribution in [0.5, 0.6) is 5.75 Å². The Kier molecular flexibility index (Phi) is 4.44. The van der Waals surface area contributed by atoms with Crippen LogP contribution in [0.25, 0.3) is 0 Å². The third kappa shape index (κ3) is 3.74. The van der Waals surface area contributed by atoms with Gasteiger partial charge in [-0.25, -0.2) is 0 Å². The Balaban J connectivity index is 2.05. The molecule has 0 saturated carbocycles. The Morgan fingerprint density at radius 1 is 1.37 bits per heavy atom. The smallest absolute Gasteiger partial charge is 0.142 e. The van der Waals surface area contributed by atoms with Crippen LogP contribution in [-0.2, 0) is 13.6 Å². The molecule has 0 saturated heterocycles. The lowest BCUT2D eigenvalue weighted by Gasteiger charge is -2.13. The Morgan fingerprint density at radius 2 is 2.21 bits per heavy atom. The molecule has 1 aromatic heterocycles. The molecule has 1 heterocycles. The van der Waals surface area contributed by atoms with E-state index in [4.69, 9.17) is 4.74 Å². The van der Waals surface area contributed by atoms with Crippen LogP contribution < -0.4 is 10.1 Å².